The van der Waals surface area contributed by atoms with E-state index in [1.807, 2.05) is 30.3 Å². The molecule has 1 aliphatic rings. The van der Waals surface area contributed by atoms with Crippen LogP contribution < -0.4 is 15.4 Å². The van der Waals surface area contributed by atoms with E-state index in [0.29, 0.717) is 36.2 Å². The van der Waals surface area contributed by atoms with E-state index in [1.54, 1.807) is 22.5 Å². The second kappa shape index (κ2) is 9.36. The van der Waals surface area contributed by atoms with Crippen molar-refractivity contribution in [3.63, 3.8) is 0 Å². The van der Waals surface area contributed by atoms with Crippen LogP contribution in [-0.4, -0.2) is 38.0 Å². The summed E-state index contributed by atoms with van der Waals surface area (Å²) >= 11 is 5.35. The third-order valence-corrected chi connectivity index (χ3v) is 6.81. The van der Waals surface area contributed by atoms with Crippen molar-refractivity contribution in [1.29, 1.82) is 0 Å². The van der Waals surface area contributed by atoms with Crippen molar-refractivity contribution in [3.05, 3.63) is 54.1 Å². The summed E-state index contributed by atoms with van der Waals surface area (Å²) in [4.78, 5) is 0.236. The van der Waals surface area contributed by atoms with Crippen molar-refractivity contribution in [2.75, 3.05) is 25.5 Å². The van der Waals surface area contributed by atoms with E-state index in [0.717, 1.165) is 24.8 Å². The summed E-state index contributed by atoms with van der Waals surface area (Å²) in [5.41, 5.74) is 1.73. The Morgan fingerprint density at radius 1 is 1.11 bits per heavy atom. The monoisotopic (exact) mass is 419 g/mol. The van der Waals surface area contributed by atoms with Crippen molar-refractivity contribution in [2.24, 2.45) is 0 Å². The lowest BCUT2D eigenvalue weighted by Crippen LogP contribution is -2.35. The molecule has 0 saturated carbocycles. The van der Waals surface area contributed by atoms with Crippen molar-refractivity contribution in [1.82, 2.24) is 9.62 Å². The zero-order valence-electron chi connectivity index (χ0n) is 15.8. The molecule has 28 heavy (non-hydrogen) atoms. The average Bonchev–Trinajstić information content (AvgIpc) is 2.74. The Morgan fingerprint density at radius 3 is 2.50 bits per heavy atom. The van der Waals surface area contributed by atoms with E-state index in [4.69, 9.17) is 17.0 Å². The van der Waals surface area contributed by atoms with E-state index in [2.05, 4.69) is 10.6 Å². The van der Waals surface area contributed by atoms with Gasteiger partial charge in [0.25, 0.3) is 0 Å². The van der Waals surface area contributed by atoms with E-state index in [9.17, 15) is 8.42 Å². The topological polar surface area (TPSA) is 70.7 Å². The molecule has 1 saturated heterocycles. The van der Waals surface area contributed by atoms with Gasteiger partial charge in [-0.1, -0.05) is 36.8 Å². The van der Waals surface area contributed by atoms with Gasteiger partial charge in [0.2, 0.25) is 10.0 Å². The van der Waals surface area contributed by atoms with Crippen LogP contribution in [0.5, 0.6) is 5.75 Å². The third-order valence-electron chi connectivity index (χ3n) is 4.67. The van der Waals surface area contributed by atoms with Crippen molar-refractivity contribution in [2.45, 2.75) is 30.7 Å². The smallest absolute Gasteiger partial charge is 0.243 e. The molecule has 6 nitrogen and oxygen atoms in total. The zero-order chi connectivity index (χ0) is 20.0. The van der Waals surface area contributed by atoms with Crippen LogP contribution in [0.3, 0.4) is 0 Å². The summed E-state index contributed by atoms with van der Waals surface area (Å²) in [6.45, 7) is 1.73. The van der Waals surface area contributed by atoms with Crippen molar-refractivity contribution in [3.8, 4) is 5.75 Å². The molecule has 0 atom stereocenters. The summed E-state index contributed by atoms with van der Waals surface area (Å²) in [7, 11) is -2.00. The van der Waals surface area contributed by atoms with Gasteiger partial charge in [-0.3, -0.25) is 0 Å². The number of benzene rings is 2. The molecule has 0 aromatic heterocycles. The second-order valence-corrected chi connectivity index (χ2v) is 8.97. The Balaban J connectivity index is 1.69. The van der Waals surface area contributed by atoms with Crippen LogP contribution in [0.25, 0.3) is 0 Å². The molecule has 0 unspecified atom stereocenters. The molecule has 3 rings (SSSR count). The number of ether oxygens (including phenoxy) is 1. The highest BCUT2D eigenvalue weighted by Crippen LogP contribution is 2.30. The lowest BCUT2D eigenvalue weighted by Gasteiger charge is -2.26. The highest BCUT2D eigenvalue weighted by atomic mass is 32.2. The Labute approximate surface area is 171 Å². The number of thiocarbonyl (C=S) groups is 1. The maximum atomic E-state index is 12.9. The number of rotatable bonds is 6. The molecule has 1 aliphatic heterocycles. The number of nitrogens with one attached hydrogen (secondary N) is 2. The predicted octanol–water partition coefficient (Wildman–Crippen LogP) is 3.36. The van der Waals surface area contributed by atoms with Gasteiger partial charge in [-0.05, 0) is 42.8 Å². The van der Waals surface area contributed by atoms with Crippen LogP contribution in [-0.2, 0) is 16.6 Å². The predicted molar refractivity (Wildman–Crippen MR) is 115 cm³/mol. The maximum absolute atomic E-state index is 12.9. The van der Waals surface area contributed by atoms with E-state index in [-0.39, 0.29) is 4.90 Å². The van der Waals surface area contributed by atoms with Crippen LogP contribution in [0, 0.1) is 0 Å². The molecule has 0 aliphatic carbocycles. The number of sulfonamides is 1. The molecule has 150 valence electrons. The molecular formula is C20H25N3O3S2. The summed E-state index contributed by atoms with van der Waals surface area (Å²) in [5.74, 6) is 0.432. The molecule has 1 fully saturated rings. The first-order valence-electron chi connectivity index (χ1n) is 9.27. The summed E-state index contributed by atoms with van der Waals surface area (Å²) in [6, 6.07) is 14.8. The van der Waals surface area contributed by atoms with Gasteiger partial charge >= 0.3 is 0 Å². The lowest BCUT2D eigenvalue weighted by molar-refractivity contribution is 0.346. The molecule has 2 aromatic carbocycles. The van der Waals surface area contributed by atoms with Gasteiger partial charge in [0.05, 0.1) is 17.7 Å². The summed E-state index contributed by atoms with van der Waals surface area (Å²) in [5, 5.41) is 6.65. The van der Waals surface area contributed by atoms with Crippen molar-refractivity contribution < 1.29 is 13.2 Å². The Kier molecular flexibility index (Phi) is 6.88. The highest BCUT2D eigenvalue weighted by Gasteiger charge is 2.26. The Hall–Kier alpha value is -2.16. The SMILES string of the molecule is COc1cc(S(=O)(=O)N2CCCCC2)ccc1NC(=S)NCc1ccccc1. The standard InChI is InChI=1S/C20H25N3O3S2/c1-26-19-14-17(28(24,25)23-12-6-3-7-13-23)10-11-18(19)22-20(27)21-15-16-8-4-2-5-9-16/h2,4-5,8-11,14H,3,6-7,12-13,15H2,1H3,(H2,21,22,27). The second-order valence-electron chi connectivity index (χ2n) is 6.62. The van der Waals surface area contributed by atoms with Crippen LogP contribution in [0.15, 0.2) is 53.4 Å². The Bertz CT molecular complexity index is 912. The molecule has 0 spiro atoms. The molecule has 2 aromatic rings. The largest absolute Gasteiger partial charge is 0.495 e. The minimum Gasteiger partial charge on any atom is -0.495 e. The van der Waals surface area contributed by atoms with Crippen LogP contribution in [0.4, 0.5) is 5.69 Å². The Morgan fingerprint density at radius 2 is 1.82 bits per heavy atom. The van der Waals surface area contributed by atoms with Gasteiger partial charge in [-0.25, -0.2) is 8.42 Å². The van der Waals surface area contributed by atoms with E-state index >= 15 is 0 Å². The number of methoxy groups -OCH3 is 1. The molecule has 0 bridgehead atoms. The minimum absolute atomic E-state index is 0.236. The van der Waals surface area contributed by atoms with Gasteiger partial charge in [-0.2, -0.15) is 4.31 Å². The molecule has 0 amide bonds. The van der Waals surface area contributed by atoms with E-state index < -0.39 is 10.0 Å². The summed E-state index contributed by atoms with van der Waals surface area (Å²) < 4.78 is 32.7. The molecule has 1 heterocycles. The van der Waals surface area contributed by atoms with E-state index in [1.165, 1.54) is 7.11 Å². The minimum atomic E-state index is -3.51. The zero-order valence-corrected chi connectivity index (χ0v) is 17.5. The highest BCUT2D eigenvalue weighted by molar-refractivity contribution is 7.89. The first kappa shape index (κ1) is 20.6. The van der Waals surface area contributed by atoms with Crippen LogP contribution in [0.2, 0.25) is 0 Å². The number of nitrogens with zero attached hydrogens (tertiary/aromatic N) is 1. The fourth-order valence-corrected chi connectivity index (χ4v) is 4.85. The molecule has 0 radical (unpaired) electrons. The maximum Gasteiger partial charge on any atom is 0.243 e. The van der Waals surface area contributed by atoms with Gasteiger partial charge in [0.15, 0.2) is 5.11 Å². The fraction of sp³-hybridized carbons (Fsp3) is 0.350. The normalized spacial score (nSPS) is 15.0. The lowest BCUT2D eigenvalue weighted by atomic mass is 10.2. The summed E-state index contributed by atoms with van der Waals surface area (Å²) in [6.07, 6.45) is 2.88. The number of piperidine rings is 1. The van der Waals surface area contributed by atoms with Gasteiger partial charge in [0, 0.05) is 25.7 Å². The first-order chi connectivity index (χ1) is 13.5. The van der Waals surface area contributed by atoms with Gasteiger partial charge < -0.3 is 15.4 Å². The quantitative estimate of drug-likeness (QED) is 0.700. The third kappa shape index (κ3) is 5.01. The van der Waals surface area contributed by atoms with Gasteiger partial charge in [-0.15, -0.1) is 0 Å². The first-order valence-corrected chi connectivity index (χ1v) is 11.1. The molecular weight excluding hydrogens is 394 g/mol. The molecule has 2 N–H and O–H groups in total. The van der Waals surface area contributed by atoms with Crippen LogP contribution in [0.1, 0.15) is 24.8 Å². The average molecular weight is 420 g/mol. The number of hydrogen-bond donors (Lipinski definition) is 2. The molecule has 8 heteroatoms. The van der Waals surface area contributed by atoms with Crippen molar-refractivity contribution >= 4 is 33.0 Å². The fourth-order valence-electron chi connectivity index (χ4n) is 3.13. The van der Waals surface area contributed by atoms with Crippen LogP contribution >= 0.6 is 12.2 Å². The number of hydrogen-bond acceptors (Lipinski definition) is 4. The van der Waals surface area contributed by atoms with Gasteiger partial charge in [0.1, 0.15) is 5.75 Å². The number of anilines is 1.